The summed E-state index contributed by atoms with van der Waals surface area (Å²) in [5, 5.41) is 14.8. The lowest BCUT2D eigenvalue weighted by molar-refractivity contribution is -0.144. The van der Waals surface area contributed by atoms with E-state index < -0.39 is 48.1 Å². The normalized spacial score (nSPS) is 13.5. The van der Waals surface area contributed by atoms with E-state index in [2.05, 4.69) is 21.9 Å². The maximum atomic E-state index is 13.8. The van der Waals surface area contributed by atoms with Crippen LogP contribution in [0.3, 0.4) is 0 Å². The van der Waals surface area contributed by atoms with Crippen LogP contribution in [0.15, 0.2) is 36.9 Å². The molecule has 0 aliphatic heterocycles. The van der Waals surface area contributed by atoms with Gasteiger partial charge in [-0.15, -0.1) is 6.58 Å². The summed E-state index contributed by atoms with van der Waals surface area (Å²) in [5.41, 5.74) is -0.378. The van der Waals surface area contributed by atoms with Crippen molar-refractivity contribution in [2.45, 2.75) is 58.7 Å². The smallest absolute Gasteiger partial charge is 0.408 e. The molecule has 3 atom stereocenters. The molecule has 0 aliphatic carbocycles. The third-order valence-corrected chi connectivity index (χ3v) is 5.16. The van der Waals surface area contributed by atoms with Crippen molar-refractivity contribution in [2.24, 2.45) is 5.92 Å². The van der Waals surface area contributed by atoms with E-state index in [4.69, 9.17) is 4.74 Å². The zero-order valence-corrected chi connectivity index (χ0v) is 21.3. The lowest BCUT2D eigenvalue weighted by atomic mass is 9.95. The molecule has 0 saturated heterocycles. The Kier molecular flexibility index (Phi) is 11.2. The maximum absolute atomic E-state index is 13.8. The molecule has 3 amide bonds. The van der Waals surface area contributed by atoms with Crippen molar-refractivity contribution in [3.8, 4) is 5.75 Å². The van der Waals surface area contributed by atoms with Gasteiger partial charge in [-0.05, 0) is 44.4 Å². The average molecular weight is 492 g/mol. The highest BCUT2D eigenvalue weighted by Gasteiger charge is 2.37. The lowest BCUT2D eigenvalue weighted by Gasteiger charge is -2.35. The topological polar surface area (TPSA) is 134 Å². The summed E-state index contributed by atoms with van der Waals surface area (Å²) in [6, 6.07) is 3.59. The SMILES string of the molecule is C=CCN(C(=O)C(NC(=O)OC(C)(C)C)C(C)CC)C(C(=O)NCC(=O)OC)c1ccc(O)cc1. The fraction of sp³-hybridized carbons (Fsp3) is 0.520. The van der Waals surface area contributed by atoms with Crippen LogP contribution < -0.4 is 10.6 Å². The summed E-state index contributed by atoms with van der Waals surface area (Å²) in [6.45, 7) is 12.1. The first kappa shape index (κ1) is 29.5. The van der Waals surface area contributed by atoms with Crippen LogP contribution in [0.1, 0.15) is 52.6 Å². The Bertz CT molecular complexity index is 893. The van der Waals surface area contributed by atoms with Gasteiger partial charge in [0, 0.05) is 6.54 Å². The molecule has 0 aromatic heterocycles. The van der Waals surface area contributed by atoms with Crippen LogP contribution in [-0.4, -0.2) is 65.7 Å². The largest absolute Gasteiger partial charge is 0.508 e. The number of phenols is 1. The van der Waals surface area contributed by atoms with Crippen LogP contribution in [-0.2, 0) is 23.9 Å². The minimum atomic E-state index is -1.18. The number of rotatable bonds is 11. The molecule has 0 fully saturated rings. The lowest BCUT2D eigenvalue weighted by Crippen LogP contribution is -2.55. The summed E-state index contributed by atoms with van der Waals surface area (Å²) in [6.07, 6.45) is 1.26. The number of methoxy groups -OCH3 is 1. The molecule has 3 N–H and O–H groups in total. The van der Waals surface area contributed by atoms with Gasteiger partial charge < -0.3 is 30.1 Å². The van der Waals surface area contributed by atoms with Gasteiger partial charge in [0.25, 0.3) is 0 Å². The average Bonchev–Trinajstić information content (AvgIpc) is 2.79. The zero-order valence-electron chi connectivity index (χ0n) is 21.3. The number of benzene rings is 1. The van der Waals surface area contributed by atoms with E-state index in [1.807, 2.05) is 6.92 Å². The number of nitrogens with one attached hydrogen (secondary N) is 2. The second kappa shape index (κ2) is 13.4. The van der Waals surface area contributed by atoms with E-state index in [1.54, 1.807) is 27.7 Å². The van der Waals surface area contributed by atoms with Crippen LogP contribution in [0.2, 0.25) is 0 Å². The molecule has 0 bridgehead atoms. The Labute approximate surface area is 206 Å². The molecule has 10 heteroatoms. The fourth-order valence-corrected chi connectivity index (χ4v) is 3.22. The van der Waals surface area contributed by atoms with Crippen molar-refractivity contribution in [2.75, 3.05) is 20.2 Å². The highest BCUT2D eigenvalue weighted by molar-refractivity contribution is 5.93. The fourth-order valence-electron chi connectivity index (χ4n) is 3.22. The van der Waals surface area contributed by atoms with Gasteiger partial charge in [-0.1, -0.05) is 38.5 Å². The summed E-state index contributed by atoms with van der Waals surface area (Å²) >= 11 is 0. The van der Waals surface area contributed by atoms with Crippen LogP contribution >= 0.6 is 0 Å². The van der Waals surface area contributed by atoms with Gasteiger partial charge in [-0.3, -0.25) is 14.4 Å². The Balaban J connectivity index is 3.43. The molecule has 0 spiro atoms. The third kappa shape index (κ3) is 9.30. The summed E-state index contributed by atoms with van der Waals surface area (Å²) in [7, 11) is 1.19. The molecule has 10 nitrogen and oxygen atoms in total. The number of hydrogen-bond donors (Lipinski definition) is 3. The highest BCUT2D eigenvalue weighted by Crippen LogP contribution is 2.26. The van der Waals surface area contributed by atoms with Gasteiger partial charge >= 0.3 is 12.1 Å². The number of carbonyl (C=O) groups excluding carboxylic acids is 4. The minimum absolute atomic E-state index is 0.0202. The molecule has 0 radical (unpaired) electrons. The quantitative estimate of drug-likeness (QED) is 0.320. The van der Waals surface area contributed by atoms with Crippen molar-refractivity contribution >= 4 is 23.9 Å². The molecule has 0 saturated carbocycles. The number of alkyl carbamates (subject to hydrolysis) is 1. The molecule has 0 heterocycles. The second-order valence-electron chi connectivity index (χ2n) is 9.08. The minimum Gasteiger partial charge on any atom is -0.508 e. The number of hydrogen-bond acceptors (Lipinski definition) is 7. The first-order valence-electron chi connectivity index (χ1n) is 11.4. The molecule has 194 valence electrons. The predicted molar refractivity (Wildman–Crippen MR) is 130 cm³/mol. The van der Waals surface area contributed by atoms with E-state index in [-0.39, 0.29) is 18.2 Å². The summed E-state index contributed by atoms with van der Waals surface area (Å²) in [4.78, 5) is 52.4. The van der Waals surface area contributed by atoms with Crippen LogP contribution in [0.25, 0.3) is 0 Å². The molecule has 1 aromatic rings. The maximum Gasteiger partial charge on any atom is 0.408 e. The first-order chi connectivity index (χ1) is 16.3. The van der Waals surface area contributed by atoms with E-state index in [0.717, 1.165) is 0 Å². The Hall–Kier alpha value is -3.56. The van der Waals surface area contributed by atoms with Gasteiger partial charge in [-0.25, -0.2) is 4.79 Å². The van der Waals surface area contributed by atoms with Crippen LogP contribution in [0.5, 0.6) is 5.75 Å². The van der Waals surface area contributed by atoms with E-state index >= 15 is 0 Å². The highest BCUT2D eigenvalue weighted by atomic mass is 16.6. The third-order valence-electron chi connectivity index (χ3n) is 5.16. The molecular formula is C25H37N3O7. The molecular weight excluding hydrogens is 454 g/mol. The number of carbonyl (C=O) groups is 4. The Morgan fingerprint density at radius 1 is 1.17 bits per heavy atom. The van der Waals surface area contributed by atoms with Gasteiger partial charge in [0.15, 0.2) is 0 Å². The summed E-state index contributed by atoms with van der Waals surface area (Å²) < 4.78 is 9.92. The van der Waals surface area contributed by atoms with Crippen LogP contribution in [0, 0.1) is 5.92 Å². The number of aromatic hydroxyl groups is 1. The molecule has 3 unspecified atom stereocenters. The Morgan fingerprint density at radius 2 is 1.77 bits per heavy atom. The van der Waals surface area contributed by atoms with E-state index in [0.29, 0.717) is 12.0 Å². The number of nitrogens with zero attached hydrogens (tertiary/aromatic N) is 1. The second-order valence-corrected chi connectivity index (χ2v) is 9.08. The molecule has 1 aromatic carbocycles. The number of phenolic OH excluding ortho intramolecular Hbond substituents is 1. The molecule has 35 heavy (non-hydrogen) atoms. The first-order valence-corrected chi connectivity index (χ1v) is 11.4. The predicted octanol–water partition coefficient (Wildman–Crippen LogP) is 2.68. The van der Waals surface area contributed by atoms with E-state index in [9.17, 15) is 24.3 Å². The van der Waals surface area contributed by atoms with Crippen LogP contribution in [0.4, 0.5) is 4.79 Å². The van der Waals surface area contributed by atoms with Gasteiger partial charge in [0.2, 0.25) is 11.8 Å². The van der Waals surface area contributed by atoms with Crippen molar-refractivity contribution < 1.29 is 33.8 Å². The zero-order chi connectivity index (χ0) is 26.8. The Morgan fingerprint density at radius 3 is 2.26 bits per heavy atom. The van der Waals surface area contributed by atoms with Crippen molar-refractivity contribution in [3.63, 3.8) is 0 Å². The van der Waals surface area contributed by atoms with Gasteiger partial charge in [0.1, 0.15) is 30.0 Å². The van der Waals surface area contributed by atoms with Gasteiger partial charge in [-0.2, -0.15) is 0 Å². The van der Waals surface area contributed by atoms with Crippen molar-refractivity contribution in [1.29, 1.82) is 0 Å². The monoisotopic (exact) mass is 491 g/mol. The molecule has 0 aliphatic rings. The standard InChI is InChI=1S/C25H37N3O7/c1-8-14-28(23(32)20(16(3)9-2)27-24(33)35-25(4,5)6)21(17-10-12-18(29)13-11-17)22(31)26-15-19(30)34-7/h8,10-13,16,20-21,29H,1,9,14-15H2,2-7H3,(H,26,31)(H,27,33). The summed E-state index contributed by atoms with van der Waals surface area (Å²) in [5.74, 6) is -2.14. The number of esters is 1. The molecule has 1 rings (SSSR count). The number of amides is 3. The van der Waals surface area contributed by atoms with Crippen molar-refractivity contribution in [3.05, 3.63) is 42.5 Å². The van der Waals surface area contributed by atoms with Crippen molar-refractivity contribution in [1.82, 2.24) is 15.5 Å². The van der Waals surface area contributed by atoms with E-state index in [1.165, 1.54) is 42.4 Å². The number of ether oxygens (including phenoxy) is 2. The van der Waals surface area contributed by atoms with Gasteiger partial charge in [0.05, 0.1) is 7.11 Å².